The van der Waals surface area contributed by atoms with Crippen LogP contribution in [0.1, 0.15) is 13.8 Å². The van der Waals surface area contributed by atoms with Gasteiger partial charge in [-0.25, -0.2) is 27.0 Å². The molecule has 0 saturated heterocycles. The molecule has 148 valence electrons. The Labute approximate surface area is 164 Å². The van der Waals surface area contributed by atoms with E-state index in [1.54, 1.807) is 12.1 Å². The number of benzene rings is 2. The van der Waals surface area contributed by atoms with Crippen LogP contribution in [0.2, 0.25) is 0 Å². The van der Waals surface area contributed by atoms with Gasteiger partial charge in [-0.05, 0) is 36.2 Å². The van der Waals surface area contributed by atoms with Crippen molar-refractivity contribution in [2.24, 2.45) is 5.92 Å². The fraction of sp³-hybridized carbons (Fsp3) is 0.222. The van der Waals surface area contributed by atoms with Gasteiger partial charge >= 0.3 is 6.03 Å². The number of urea groups is 1. The third kappa shape index (κ3) is 4.45. The topological polar surface area (TPSA) is 88.2 Å². The number of carbonyl (C=O) groups excluding carboxylic acids is 1. The number of nitrogens with one attached hydrogen (secondary N) is 2. The lowest BCUT2D eigenvalue weighted by atomic mass is 10.3. The Morgan fingerprint density at radius 1 is 1.14 bits per heavy atom. The molecule has 1 aromatic heterocycles. The lowest BCUT2D eigenvalue weighted by Gasteiger charge is -2.09. The normalized spacial score (nSPS) is 11.8. The van der Waals surface area contributed by atoms with Gasteiger partial charge in [0.15, 0.2) is 0 Å². The lowest BCUT2D eigenvalue weighted by Crippen LogP contribution is -2.20. The molecular formula is C18H17F2N3O3S2. The van der Waals surface area contributed by atoms with Crippen molar-refractivity contribution in [3.63, 3.8) is 0 Å². The van der Waals surface area contributed by atoms with E-state index in [-0.39, 0.29) is 16.0 Å². The first-order valence-corrected chi connectivity index (χ1v) is 10.8. The molecule has 0 atom stereocenters. The Hall–Kier alpha value is -2.59. The second-order valence-corrected chi connectivity index (χ2v) is 9.75. The molecule has 0 aliphatic carbocycles. The number of fused-ring (bicyclic) bond motifs is 1. The third-order valence-corrected chi connectivity index (χ3v) is 7.20. The van der Waals surface area contributed by atoms with Crippen LogP contribution in [-0.4, -0.2) is 25.2 Å². The van der Waals surface area contributed by atoms with E-state index in [4.69, 9.17) is 0 Å². The maximum absolute atomic E-state index is 13.6. The molecule has 0 fully saturated rings. The van der Waals surface area contributed by atoms with Crippen molar-refractivity contribution in [3.8, 4) is 0 Å². The molecule has 6 nitrogen and oxygen atoms in total. The Morgan fingerprint density at radius 2 is 1.82 bits per heavy atom. The van der Waals surface area contributed by atoms with E-state index in [9.17, 15) is 22.0 Å². The van der Waals surface area contributed by atoms with Crippen molar-refractivity contribution in [1.29, 1.82) is 0 Å². The van der Waals surface area contributed by atoms with Gasteiger partial charge in [0.1, 0.15) is 17.3 Å². The Morgan fingerprint density at radius 3 is 2.46 bits per heavy atom. The summed E-state index contributed by atoms with van der Waals surface area (Å²) in [7, 11) is -3.48. The predicted octanol–water partition coefficient (Wildman–Crippen LogP) is 4.65. The lowest BCUT2D eigenvalue weighted by molar-refractivity contribution is 0.262. The molecule has 0 unspecified atom stereocenters. The number of sulfone groups is 1. The quantitative estimate of drug-likeness (QED) is 0.623. The molecule has 3 rings (SSSR count). The number of nitrogens with zero attached hydrogens (tertiary/aromatic N) is 1. The summed E-state index contributed by atoms with van der Waals surface area (Å²) in [4.78, 5) is 16.2. The van der Waals surface area contributed by atoms with Crippen LogP contribution in [0.25, 0.3) is 10.2 Å². The summed E-state index contributed by atoms with van der Waals surface area (Å²) < 4.78 is 52.5. The molecule has 2 amide bonds. The van der Waals surface area contributed by atoms with Gasteiger partial charge < -0.3 is 10.6 Å². The number of aromatic nitrogens is 1. The van der Waals surface area contributed by atoms with Gasteiger partial charge in [0.25, 0.3) is 0 Å². The van der Waals surface area contributed by atoms with Crippen molar-refractivity contribution < 1.29 is 22.0 Å². The van der Waals surface area contributed by atoms with Crippen LogP contribution >= 0.6 is 11.3 Å². The highest BCUT2D eigenvalue weighted by atomic mass is 32.2. The molecule has 1 heterocycles. The molecular weight excluding hydrogens is 408 g/mol. The molecule has 28 heavy (non-hydrogen) atoms. The van der Waals surface area contributed by atoms with Crippen molar-refractivity contribution >= 4 is 48.8 Å². The number of hydrogen-bond donors (Lipinski definition) is 2. The molecule has 0 radical (unpaired) electrons. The standard InChI is InChI=1S/C18H17F2N3O3S2/c1-10(2)9-28(25,26)18-22-14-7-6-11(8-15(14)27-18)21-17(24)23-16-12(19)4-3-5-13(16)20/h3-8,10H,9H2,1-2H3,(H2,21,23,24). The third-order valence-electron chi connectivity index (χ3n) is 3.65. The van der Waals surface area contributed by atoms with E-state index in [2.05, 4.69) is 15.6 Å². The van der Waals surface area contributed by atoms with Gasteiger partial charge in [-0.15, -0.1) is 11.3 Å². The summed E-state index contributed by atoms with van der Waals surface area (Å²) in [6, 6.07) is 7.07. The minimum atomic E-state index is -3.48. The largest absolute Gasteiger partial charge is 0.323 e. The van der Waals surface area contributed by atoms with E-state index in [1.165, 1.54) is 12.1 Å². The van der Waals surface area contributed by atoms with Crippen molar-refractivity contribution in [3.05, 3.63) is 48.0 Å². The second-order valence-electron chi connectivity index (χ2n) is 6.51. The summed E-state index contributed by atoms with van der Waals surface area (Å²) in [6.07, 6.45) is 0. The highest BCUT2D eigenvalue weighted by Gasteiger charge is 2.21. The van der Waals surface area contributed by atoms with Crippen molar-refractivity contribution in [2.45, 2.75) is 18.2 Å². The van der Waals surface area contributed by atoms with E-state index < -0.39 is 33.2 Å². The molecule has 0 bridgehead atoms. The number of thiazole rings is 1. The van der Waals surface area contributed by atoms with E-state index in [0.29, 0.717) is 15.9 Å². The van der Waals surface area contributed by atoms with Gasteiger partial charge in [-0.3, -0.25) is 0 Å². The van der Waals surface area contributed by atoms with Crippen LogP contribution in [0.15, 0.2) is 40.7 Å². The van der Waals surface area contributed by atoms with Crippen LogP contribution in [0.3, 0.4) is 0 Å². The van der Waals surface area contributed by atoms with Gasteiger partial charge in [0, 0.05) is 5.69 Å². The van der Waals surface area contributed by atoms with Crippen LogP contribution in [0.4, 0.5) is 25.0 Å². The highest BCUT2D eigenvalue weighted by molar-refractivity contribution is 7.93. The average Bonchev–Trinajstić information content (AvgIpc) is 3.01. The van der Waals surface area contributed by atoms with Crippen LogP contribution < -0.4 is 10.6 Å². The zero-order chi connectivity index (χ0) is 20.5. The Balaban J connectivity index is 1.80. The van der Waals surface area contributed by atoms with Crippen LogP contribution in [-0.2, 0) is 9.84 Å². The molecule has 0 aliphatic heterocycles. The number of halogens is 2. The number of rotatable bonds is 5. The SMILES string of the molecule is CC(C)CS(=O)(=O)c1nc2ccc(NC(=O)Nc3c(F)cccc3F)cc2s1. The number of amides is 2. The minimum absolute atomic E-state index is 0.00542. The first-order valence-electron chi connectivity index (χ1n) is 8.31. The van der Waals surface area contributed by atoms with Crippen LogP contribution in [0, 0.1) is 17.6 Å². The minimum Gasteiger partial charge on any atom is -0.308 e. The summed E-state index contributed by atoms with van der Waals surface area (Å²) >= 11 is 1.01. The maximum Gasteiger partial charge on any atom is 0.323 e. The van der Waals surface area contributed by atoms with E-state index in [1.807, 2.05) is 13.8 Å². The molecule has 3 aromatic rings. The molecule has 2 N–H and O–H groups in total. The van der Waals surface area contributed by atoms with E-state index >= 15 is 0 Å². The van der Waals surface area contributed by atoms with Gasteiger partial charge in [-0.2, -0.15) is 0 Å². The molecule has 0 aliphatic rings. The first kappa shape index (κ1) is 20.2. The monoisotopic (exact) mass is 425 g/mol. The highest BCUT2D eigenvalue weighted by Crippen LogP contribution is 2.29. The van der Waals surface area contributed by atoms with Gasteiger partial charge in [0.2, 0.25) is 14.2 Å². The maximum atomic E-state index is 13.6. The predicted molar refractivity (Wildman–Crippen MR) is 106 cm³/mol. The number of para-hydroxylation sites is 1. The summed E-state index contributed by atoms with van der Waals surface area (Å²) in [6.45, 7) is 3.62. The molecule has 0 spiro atoms. The molecule has 10 heteroatoms. The Bertz CT molecular complexity index is 1120. The van der Waals surface area contributed by atoms with Crippen LogP contribution in [0.5, 0.6) is 0 Å². The fourth-order valence-corrected chi connectivity index (χ4v) is 5.49. The second kappa shape index (κ2) is 7.80. The van der Waals surface area contributed by atoms with Crippen molar-refractivity contribution in [2.75, 3.05) is 16.4 Å². The zero-order valence-electron chi connectivity index (χ0n) is 15.0. The zero-order valence-corrected chi connectivity index (χ0v) is 16.6. The first-order chi connectivity index (χ1) is 13.2. The summed E-state index contributed by atoms with van der Waals surface area (Å²) in [5.74, 6) is -1.83. The molecule has 0 saturated carbocycles. The number of carbonyl (C=O) groups is 1. The fourth-order valence-electron chi connectivity index (χ4n) is 2.52. The summed E-state index contributed by atoms with van der Waals surface area (Å²) in [5.41, 5.74) is 0.262. The Kier molecular flexibility index (Phi) is 5.61. The number of anilines is 2. The van der Waals surface area contributed by atoms with Gasteiger partial charge in [-0.1, -0.05) is 19.9 Å². The summed E-state index contributed by atoms with van der Waals surface area (Å²) in [5, 5.41) is 4.58. The molecule has 2 aromatic carbocycles. The smallest absolute Gasteiger partial charge is 0.308 e. The van der Waals surface area contributed by atoms with E-state index in [0.717, 1.165) is 23.5 Å². The van der Waals surface area contributed by atoms with Crippen molar-refractivity contribution in [1.82, 2.24) is 4.98 Å². The van der Waals surface area contributed by atoms with Gasteiger partial charge in [0.05, 0.1) is 16.0 Å². The average molecular weight is 425 g/mol. The number of hydrogen-bond acceptors (Lipinski definition) is 5.